The van der Waals surface area contributed by atoms with Gasteiger partial charge in [0.1, 0.15) is 6.04 Å². The molecule has 0 fully saturated rings. The molecular weight excluding hydrogens is 230 g/mol. The first-order valence-electron chi connectivity index (χ1n) is 5.95. The molecule has 1 atom stereocenters. The van der Waals surface area contributed by atoms with Crippen molar-refractivity contribution >= 4 is 11.8 Å². The molecule has 0 bridgehead atoms. The average Bonchev–Trinajstić information content (AvgIpc) is 2.39. The van der Waals surface area contributed by atoms with E-state index in [9.17, 15) is 9.59 Å². The Morgan fingerprint density at radius 1 is 1.22 bits per heavy atom. The molecule has 0 aromatic heterocycles. The van der Waals surface area contributed by atoms with Crippen molar-refractivity contribution < 1.29 is 14.3 Å². The molecule has 0 saturated carbocycles. The van der Waals surface area contributed by atoms with E-state index in [4.69, 9.17) is 4.74 Å². The molecule has 1 N–H and O–H groups in total. The smallest absolute Gasteiger partial charge is 0.323 e. The topological polar surface area (TPSA) is 55.4 Å². The number of esters is 1. The van der Waals surface area contributed by atoms with Gasteiger partial charge in [-0.3, -0.25) is 14.9 Å². The summed E-state index contributed by atoms with van der Waals surface area (Å²) >= 11 is 0. The summed E-state index contributed by atoms with van der Waals surface area (Å²) in [6, 6.07) is 8.54. The normalized spacial score (nSPS) is 12.2. The van der Waals surface area contributed by atoms with Crippen LogP contribution in [0, 0.1) is 5.92 Å². The van der Waals surface area contributed by atoms with Crippen molar-refractivity contribution in [2.24, 2.45) is 5.92 Å². The molecule has 1 aromatic carbocycles. The molecular formula is C14H19NO3. The van der Waals surface area contributed by atoms with E-state index >= 15 is 0 Å². The van der Waals surface area contributed by atoms with Gasteiger partial charge in [-0.2, -0.15) is 0 Å². The fourth-order valence-electron chi connectivity index (χ4n) is 1.65. The Morgan fingerprint density at radius 2 is 1.83 bits per heavy atom. The number of carbonyl (C=O) groups is 2. The van der Waals surface area contributed by atoms with Gasteiger partial charge in [-0.15, -0.1) is 0 Å². The summed E-state index contributed by atoms with van der Waals surface area (Å²) in [5.41, 5.74) is 0.636. The van der Waals surface area contributed by atoms with E-state index in [1.807, 2.05) is 32.0 Å². The number of ketones is 1. The second kappa shape index (κ2) is 6.91. The highest BCUT2D eigenvalue weighted by molar-refractivity contribution is 5.97. The highest BCUT2D eigenvalue weighted by Gasteiger charge is 2.23. The third kappa shape index (κ3) is 3.96. The van der Waals surface area contributed by atoms with Crippen LogP contribution in [0.2, 0.25) is 0 Å². The number of methoxy groups -OCH3 is 1. The van der Waals surface area contributed by atoms with Crippen LogP contribution in [-0.2, 0) is 9.53 Å². The lowest BCUT2D eigenvalue weighted by atomic mass is 10.0. The van der Waals surface area contributed by atoms with Crippen LogP contribution in [0.5, 0.6) is 0 Å². The van der Waals surface area contributed by atoms with Crippen molar-refractivity contribution in [3.8, 4) is 0 Å². The third-order valence-electron chi connectivity index (χ3n) is 2.70. The number of hydrogen-bond acceptors (Lipinski definition) is 4. The minimum atomic E-state index is -0.456. The average molecular weight is 249 g/mol. The van der Waals surface area contributed by atoms with Crippen LogP contribution in [0.25, 0.3) is 0 Å². The van der Waals surface area contributed by atoms with Crippen LogP contribution in [0.15, 0.2) is 30.3 Å². The van der Waals surface area contributed by atoms with Crippen molar-refractivity contribution in [2.75, 3.05) is 13.7 Å². The van der Waals surface area contributed by atoms with Gasteiger partial charge in [-0.1, -0.05) is 44.2 Å². The predicted molar refractivity (Wildman–Crippen MR) is 69.4 cm³/mol. The number of benzene rings is 1. The molecule has 1 aromatic rings. The van der Waals surface area contributed by atoms with Crippen molar-refractivity contribution in [1.82, 2.24) is 5.32 Å². The summed E-state index contributed by atoms with van der Waals surface area (Å²) in [4.78, 5) is 23.4. The van der Waals surface area contributed by atoms with Crippen LogP contribution in [-0.4, -0.2) is 31.4 Å². The summed E-state index contributed by atoms with van der Waals surface area (Å²) in [6.45, 7) is 3.94. The van der Waals surface area contributed by atoms with Gasteiger partial charge in [-0.25, -0.2) is 0 Å². The molecule has 0 aliphatic heterocycles. The molecule has 98 valence electrons. The zero-order valence-corrected chi connectivity index (χ0v) is 11.0. The first-order valence-corrected chi connectivity index (χ1v) is 5.95. The highest BCUT2D eigenvalue weighted by Crippen LogP contribution is 2.04. The monoisotopic (exact) mass is 249 g/mol. The van der Waals surface area contributed by atoms with Crippen LogP contribution < -0.4 is 5.32 Å². The number of rotatable bonds is 6. The van der Waals surface area contributed by atoms with Gasteiger partial charge in [0, 0.05) is 5.56 Å². The van der Waals surface area contributed by atoms with Gasteiger partial charge in [-0.05, 0) is 5.92 Å². The van der Waals surface area contributed by atoms with Gasteiger partial charge < -0.3 is 4.74 Å². The largest absolute Gasteiger partial charge is 0.468 e. The van der Waals surface area contributed by atoms with Gasteiger partial charge in [0.05, 0.1) is 13.7 Å². The summed E-state index contributed by atoms with van der Waals surface area (Å²) in [7, 11) is 1.35. The Morgan fingerprint density at radius 3 is 2.33 bits per heavy atom. The van der Waals surface area contributed by atoms with Crippen LogP contribution in [0.4, 0.5) is 0 Å². The van der Waals surface area contributed by atoms with Gasteiger partial charge in [0.25, 0.3) is 0 Å². The minimum Gasteiger partial charge on any atom is -0.468 e. The standard InChI is InChI=1S/C14H19NO3/c1-10(2)13(14(17)18-3)15-9-12(16)11-7-5-4-6-8-11/h4-8,10,13,15H,9H2,1-3H3. The quantitative estimate of drug-likeness (QED) is 0.615. The summed E-state index contributed by atoms with van der Waals surface area (Å²) in [6.07, 6.45) is 0. The van der Waals surface area contributed by atoms with E-state index < -0.39 is 6.04 Å². The second-order valence-corrected chi connectivity index (χ2v) is 4.41. The van der Waals surface area contributed by atoms with E-state index in [0.717, 1.165) is 0 Å². The van der Waals surface area contributed by atoms with Crippen LogP contribution in [0.3, 0.4) is 0 Å². The minimum absolute atomic E-state index is 0.0369. The molecule has 0 radical (unpaired) electrons. The van der Waals surface area contributed by atoms with Crippen molar-refractivity contribution in [1.29, 1.82) is 0 Å². The maximum Gasteiger partial charge on any atom is 0.323 e. The Labute approximate surface area is 107 Å². The zero-order chi connectivity index (χ0) is 13.5. The highest BCUT2D eigenvalue weighted by atomic mass is 16.5. The SMILES string of the molecule is COC(=O)C(NCC(=O)c1ccccc1)C(C)C. The Balaban J connectivity index is 2.58. The van der Waals surface area contributed by atoms with E-state index in [1.54, 1.807) is 12.1 Å². The lowest BCUT2D eigenvalue weighted by Gasteiger charge is -2.19. The van der Waals surface area contributed by atoms with E-state index in [0.29, 0.717) is 5.56 Å². The molecule has 4 nitrogen and oxygen atoms in total. The molecule has 0 saturated heterocycles. The van der Waals surface area contributed by atoms with E-state index in [-0.39, 0.29) is 24.2 Å². The Bertz CT molecular complexity index is 401. The predicted octanol–water partition coefficient (Wildman–Crippen LogP) is 1.66. The first kappa shape index (κ1) is 14.4. The van der Waals surface area contributed by atoms with Crippen LogP contribution >= 0.6 is 0 Å². The summed E-state index contributed by atoms with van der Waals surface area (Å²) < 4.78 is 4.70. The molecule has 1 unspecified atom stereocenters. The number of carbonyl (C=O) groups excluding carboxylic acids is 2. The molecule has 18 heavy (non-hydrogen) atoms. The van der Waals surface area contributed by atoms with Gasteiger partial charge in [0.15, 0.2) is 5.78 Å². The third-order valence-corrected chi connectivity index (χ3v) is 2.70. The molecule has 0 heterocycles. The number of nitrogens with one attached hydrogen (secondary N) is 1. The van der Waals surface area contributed by atoms with Gasteiger partial charge in [0.2, 0.25) is 0 Å². The Hall–Kier alpha value is -1.68. The zero-order valence-electron chi connectivity index (χ0n) is 11.0. The second-order valence-electron chi connectivity index (χ2n) is 4.41. The maximum absolute atomic E-state index is 11.9. The van der Waals surface area contributed by atoms with Crippen molar-refractivity contribution in [3.05, 3.63) is 35.9 Å². The molecule has 0 amide bonds. The summed E-state index contributed by atoms with van der Waals surface area (Å²) in [5, 5.41) is 2.94. The fourth-order valence-corrected chi connectivity index (χ4v) is 1.65. The van der Waals surface area contributed by atoms with E-state index in [1.165, 1.54) is 7.11 Å². The molecule has 0 aliphatic rings. The Kier molecular flexibility index (Phi) is 5.52. The molecule has 1 rings (SSSR count). The number of Topliss-reactive ketones (excluding diaryl/α,β-unsaturated/α-hetero) is 1. The molecule has 0 aliphatic carbocycles. The maximum atomic E-state index is 11.9. The summed E-state index contributed by atoms with van der Waals surface area (Å²) in [5.74, 6) is -0.308. The number of ether oxygens (including phenoxy) is 1. The molecule has 4 heteroatoms. The lowest BCUT2D eigenvalue weighted by Crippen LogP contribution is -2.44. The first-order chi connectivity index (χ1) is 8.56. The van der Waals surface area contributed by atoms with Crippen LogP contribution in [0.1, 0.15) is 24.2 Å². The lowest BCUT2D eigenvalue weighted by molar-refractivity contribution is -0.144. The van der Waals surface area contributed by atoms with Gasteiger partial charge >= 0.3 is 5.97 Å². The fraction of sp³-hybridized carbons (Fsp3) is 0.429. The number of hydrogen-bond donors (Lipinski definition) is 1. The van der Waals surface area contributed by atoms with Crippen molar-refractivity contribution in [2.45, 2.75) is 19.9 Å². The van der Waals surface area contributed by atoms with Crippen molar-refractivity contribution in [3.63, 3.8) is 0 Å². The molecule has 0 spiro atoms. The van der Waals surface area contributed by atoms with E-state index in [2.05, 4.69) is 5.32 Å².